The molecule has 2 aliphatic rings. The molecule has 27 heavy (non-hydrogen) atoms. The minimum absolute atomic E-state index is 0.208. The van der Waals surface area contributed by atoms with E-state index in [1.54, 1.807) is 0 Å². The van der Waals surface area contributed by atoms with Crippen LogP contribution in [0.3, 0.4) is 0 Å². The maximum absolute atomic E-state index is 12.2. The van der Waals surface area contributed by atoms with Gasteiger partial charge in [-0.3, -0.25) is 9.48 Å². The SMILES string of the molecule is CC(C)C(=O)C1CCC(CCN2CCC(n3cc(C(C)C)cn3)CC2)CC1. The molecule has 152 valence electrons. The molecule has 4 heteroatoms. The first kappa shape index (κ1) is 20.6. The molecule has 3 rings (SSSR count). The molecule has 1 aliphatic heterocycles. The van der Waals surface area contributed by atoms with E-state index >= 15 is 0 Å². The fourth-order valence-corrected chi connectivity index (χ4v) is 4.83. The molecule has 0 aromatic carbocycles. The predicted octanol–water partition coefficient (Wildman–Crippen LogP) is 5.07. The van der Waals surface area contributed by atoms with Crippen LogP contribution in [-0.2, 0) is 4.79 Å². The van der Waals surface area contributed by atoms with Crippen LogP contribution in [0.15, 0.2) is 12.4 Å². The van der Waals surface area contributed by atoms with Crippen molar-refractivity contribution < 1.29 is 4.79 Å². The zero-order valence-electron chi connectivity index (χ0n) is 17.9. The number of carbonyl (C=O) groups excluding carboxylic acids is 1. The van der Waals surface area contributed by atoms with Gasteiger partial charge in [0.05, 0.1) is 12.2 Å². The summed E-state index contributed by atoms with van der Waals surface area (Å²) in [7, 11) is 0. The van der Waals surface area contributed by atoms with Crippen molar-refractivity contribution in [3.63, 3.8) is 0 Å². The highest BCUT2D eigenvalue weighted by Crippen LogP contribution is 2.33. The summed E-state index contributed by atoms with van der Waals surface area (Å²) in [4.78, 5) is 14.8. The summed E-state index contributed by atoms with van der Waals surface area (Å²) in [5.41, 5.74) is 1.35. The van der Waals surface area contributed by atoms with Crippen molar-refractivity contribution in [2.75, 3.05) is 19.6 Å². The molecule has 2 fully saturated rings. The van der Waals surface area contributed by atoms with Crippen molar-refractivity contribution >= 4 is 5.78 Å². The van der Waals surface area contributed by atoms with Gasteiger partial charge in [0, 0.05) is 31.1 Å². The monoisotopic (exact) mass is 373 g/mol. The van der Waals surface area contributed by atoms with Gasteiger partial charge in [0.25, 0.3) is 0 Å². The molecule has 1 aromatic rings. The molecular formula is C23H39N3O. The molecular weight excluding hydrogens is 334 g/mol. The van der Waals surface area contributed by atoms with Gasteiger partial charge in [-0.15, -0.1) is 0 Å². The third-order valence-electron chi connectivity index (χ3n) is 6.89. The number of hydrogen-bond acceptors (Lipinski definition) is 3. The smallest absolute Gasteiger partial charge is 0.138 e. The Morgan fingerprint density at radius 2 is 1.74 bits per heavy atom. The second-order valence-electron chi connectivity index (χ2n) is 9.54. The lowest BCUT2D eigenvalue weighted by Gasteiger charge is -2.34. The Kier molecular flexibility index (Phi) is 7.13. The van der Waals surface area contributed by atoms with Gasteiger partial charge in [0.2, 0.25) is 0 Å². The normalized spacial score (nSPS) is 25.4. The number of likely N-dealkylation sites (tertiary alicyclic amines) is 1. The lowest BCUT2D eigenvalue weighted by molar-refractivity contribution is -0.127. The first-order chi connectivity index (χ1) is 12.9. The molecule has 0 bridgehead atoms. The fourth-order valence-electron chi connectivity index (χ4n) is 4.83. The summed E-state index contributed by atoms with van der Waals surface area (Å²) in [6, 6.07) is 0.575. The van der Waals surface area contributed by atoms with Crippen LogP contribution >= 0.6 is 0 Å². The maximum atomic E-state index is 12.2. The van der Waals surface area contributed by atoms with Crippen LogP contribution in [0.1, 0.15) is 90.2 Å². The van der Waals surface area contributed by atoms with E-state index in [9.17, 15) is 4.79 Å². The predicted molar refractivity (Wildman–Crippen MR) is 111 cm³/mol. The molecule has 1 saturated heterocycles. The highest BCUT2D eigenvalue weighted by atomic mass is 16.1. The largest absolute Gasteiger partial charge is 0.303 e. The van der Waals surface area contributed by atoms with Gasteiger partial charge in [-0.25, -0.2) is 0 Å². The summed E-state index contributed by atoms with van der Waals surface area (Å²) in [5, 5.41) is 4.61. The number of nitrogens with zero attached hydrogens (tertiary/aromatic N) is 3. The summed E-state index contributed by atoms with van der Waals surface area (Å²) < 4.78 is 2.21. The molecule has 1 saturated carbocycles. The maximum Gasteiger partial charge on any atom is 0.138 e. The van der Waals surface area contributed by atoms with Gasteiger partial charge in [0.1, 0.15) is 5.78 Å². The number of aromatic nitrogens is 2. The van der Waals surface area contributed by atoms with Gasteiger partial charge in [0.15, 0.2) is 0 Å². The second-order valence-corrected chi connectivity index (χ2v) is 9.54. The highest BCUT2D eigenvalue weighted by Gasteiger charge is 2.28. The van der Waals surface area contributed by atoms with Crippen molar-refractivity contribution in [2.24, 2.45) is 17.8 Å². The molecule has 0 N–H and O–H groups in total. The van der Waals surface area contributed by atoms with Gasteiger partial charge >= 0.3 is 0 Å². The van der Waals surface area contributed by atoms with Crippen LogP contribution in [-0.4, -0.2) is 40.1 Å². The molecule has 4 nitrogen and oxygen atoms in total. The second kappa shape index (κ2) is 9.36. The molecule has 0 spiro atoms. The van der Waals surface area contributed by atoms with Crippen LogP contribution in [0, 0.1) is 17.8 Å². The summed E-state index contributed by atoms with van der Waals surface area (Å²) >= 11 is 0. The number of carbonyl (C=O) groups is 1. The first-order valence-corrected chi connectivity index (χ1v) is 11.2. The average molecular weight is 374 g/mol. The zero-order valence-corrected chi connectivity index (χ0v) is 17.9. The van der Waals surface area contributed by atoms with Crippen molar-refractivity contribution in [3.05, 3.63) is 18.0 Å². The van der Waals surface area contributed by atoms with E-state index in [0.29, 0.717) is 23.7 Å². The van der Waals surface area contributed by atoms with E-state index in [1.807, 2.05) is 20.0 Å². The fraction of sp³-hybridized carbons (Fsp3) is 0.826. The van der Waals surface area contributed by atoms with Gasteiger partial charge in [-0.2, -0.15) is 5.10 Å². The van der Waals surface area contributed by atoms with E-state index in [-0.39, 0.29) is 5.92 Å². The Bertz CT molecular complexity index is 591. The van der Waals surface area contributed by atoms with Gasteiger partial charge in [-0.05, 0) is 68.9 Å². The Hall–Kier alpha value is -1.16. The molecule has 0 amide bonds. The van der Waals surface area contributed by atoms with Crippen LogP contribution in [0.2, 0.25) is 0 Å². The molecule has 0 unspecified atom stereocenters. The van der Waals surface area contributed by atoms with Crippen molar-refractivity contribution in [2.45, 2.75) is 84.6 Å². The minimum atomic E-state index is 0.208. The summed E-state index contributed by atoms with van der Waals surface area (Å²) in [5.74, 6) is 2.44. The summed E-state index contributed by atoms with van der Waals surface area (Å²) in [6.45, 7) is 12.2. The highest BCUT2D eigenvalue weighted by molar-refractivity contribution is 5.82. The third-order valence-corrected chi connectivity index (χ3v) is 6.89. The minimum Gasteiger partial charge on any atom is -0.303 e. The van der Waals surface area contributed by atoms with E-state index in [1.165, 1.54) is 57.3 Å². The van der Waals surface area contributed by atoms with E-state index < -0.39 is 0 Å². The van der Waals surface area contributed by atoms with Crippen LogP contribution in [0.4, 0.5) is 0 Å². The Labute approximate surface area is 165 Å². The van der Waals surface area contributed by atoms with E-state index in [4.69, 9.17) is 0 Å². The molecule has 0 radical (unpaired) electrons. The number of Topliss-reactive ketones (excluding diaryl/α,β-unsaturated/α-hetero) is 1. The number of rotatable bonds is 7. The van der Waals surface area contributed by atoms with E-state index in [2.05, 4.69) is 34.7 Å². The average Bonchev–Trinajstić information content (AvgIpc) is 3.17. The first-order valence-electron chi connectivity index (χ1n) is 11.2. The van der Waals surface area contributed by atoms with Gasteiger partial charge in [-0.1, -0.05) is 27.7 Å². The Balaban J connectivity index is 1.36. The number of ketones is 1. The molecule has 0 atom stereocenters. The third kappa shape index (κ3) is 5.43. The molecule has 2 heterocycles. The molecule has 1 aromatic heterocycles. The topological polar surface area (TPSA) is 38.1 Å². The lowest BCUT2D eigenvalue weighted by Crippen LogP contribution is -2.36. The van der Waals surface area contributed by atoms with Crippen molar-refractivity contribution in [3.8, 4) is 0 Å². The van der Waals surface area contributed by atoms with Crippen LogP contribution in [0.5, 0.6) is 0 Å². The zero-order chi connectivity index (χ0) is 19.4. The van der Waals surface area contributed by atoms with Gasteiger partial charge < -0.3 is 4.90 Å². The number of hydrogen-bond donors (Lipinski definition) is 0. The van der Waals surface area contributed by atoms with Crippen LogP contribution in [0.25, 0.3) is 0 Å². The van der Waals surface area contributed by atoms with Crippen LogP contribution < -0.4 is 0 Å². The summed E-state index contributed by atoms with van der Waals surface area (Å²) in [6.07, 6.45) is 12.8. The Morgan fingerprint density at radius 1 is 1.07 bits per heavy atom. The lowest BCUT2D eigenvalue weighted by atomic mass is 9.77. The quantitative estimate of drug-likeness (QED) is 0.670. The Morgan fingerprint density at radius 3 is 2.30 bits per heavy atom. The molecule has 1 aliphatic carbocycles. The van der Waals surface area contributed by atoms with E-state index in [0.717, 1.165) is 18.8 Å². The standard InChI is InChI=1S/C23H39N3O/c1-17(2)21-15-24-26(16-21)22-10-13-25(14-11-22)12-9-19-5-7-20(8-6-19)23(27)18(3)4/h15-20,22H,5-14H2,1-4H3. The van der Waals surface area contributed by atoms with Crippen molar-refractivity contribution in [1.29, 1.82) is 0 Å². The number of piperidine rings is 1. The van der Waals surface area contributed by atoms with Crippen molar-refractivity contribution in [1.82, 2.24) is 14.7 Å².